The van der Waals surface area contributed by atoms with Gasteiger partial charge in [0, 0.05) is 5.41 Å². The normalized spacial score (nSPS) is 13.8. The number of halogens is 3. The maximum absolute atomic E-state index is 9.52. The monoisotopic (exact) mass is 462 g/mol. The van der Waals surface area contributed by atoms with Crippen molar-refractivity contribution in [3.63, 3.8) is 0 Å². The molecule has 0 saturated heterocycles. The Bertz CT molecular complexity index is 747. The molecule has 0 radical (unpaired) electrons. The molecule has 5 nitrogen and oxygen atoms in total. The number of ether oxygens (including phenoxy) is 2. The minimum atomic E-state index is -0.962. The van der Waals surface area contributed by atoms with Crippen LogP contribution in [0.3, 0.4) is 0 Å². The van der Waals surface area contributed by atoms with E-state index in [4.69, 9.17) is 49.4 Å². The molecule has 0 aliphatic rings. The molecule has 0 saturated carbocycles. The SMILES string of the molecule is CC(C)(c1ccc(OC[C@H](O)CO)c(Cl)c1)c1ccc(OC[C@@H](O)CCl)c(Cl)c1. The molecule has 0 aromatic heterocycles. The van der Waals surface area contributed by atoms with Gasteiger partial charge in [-0.05, 0) is 35.4 Å². The number of alkyl halides is 1. The third kappa shape index (κ3) is 6.38. The number of benzene rings is 2. The van der Waals surface area contributed by atoms with Gasteiger partial charge in [0.15, 0.2) is 0 Å². The molecule has 0 aliphatic carbocycles. The predicted molar refractivity (Wildman–Crippen MR) is 116 cm³/mol. The van der Waals surface area contributed by atoms with E-state index in [1.165, 1.54) is 0 Å². The Morgan fingerprint density at radius 3 is 1.69 bits per heavy atom. The van der Waals surface area contributed by atoms with Gasteiger partial charge in [-0.1, -0.05) is 49.2 Å². The summed E-state index contributed by atoms with van der Waals surface area (Å²) >= 11 is 18.3. The van der Waals surface area contributed by atoms with Crippen LogP contribution < -0.4 is 9.47 Å². The van der Waals surface area contributed by atoms with Gasteiger partial charge in [0.05, 0.1) is 22.5 Å². The molecule has 29 heavy (non-hydrogen) atoms. The van der Waals surface area contributed by atoms with Gasteiger partial charge < -0.3 is 24.8 Å². The number of rotatable bonds is 10. The van der Waals surface area contributed by atoms with E-state index < -0.39 is 17.6 Å². The Balaban J connectivity index is 2.19. The molecule has 3 N–H and O–H groups in total. The molecule has 2 rings (SSSR count). The average molecular weight is 464 g/mol. The van der Waals surface area contributed by atoms with Crippen molar-refractivity contribution in [2.45, 2.75) is 31.5 Å². The third-order valence-corrected chi connectivity index (χ3v) is 5.51. The van der Waals surface area contributed by atoms with Gasteiger partial charge in [0.25, 0.3) is 0 Å². The van der Waals surface area contributed by atoms with Crippen LogP contribution in [0.25, 0.3) is 0 Å². The van der Waals surface area contributed by atoms with E-state index in [9.17, 15) is 10.2 Å². The van der Waals surface area contributed by atoms with Gasteiger partial charge in [-0.2, -0.15) is 0 Å². The van der Waals surface area contributed by atoms with Crippen molar-refractivity contribution in [2.75, 3.05) is 25.7 Å². The van der Waals surface area contributed by atoms with Crippen LogP contribution in [0, 0.1) is 0 Å². The summed E-state index contributed by atoms with van der Waals surface area (Å²) in [6.07, 6.45) is -1.72. The Kier molecular flexibility index (Phi) is 8.89. The maximum atomic E-state index is 9.52. The second-order valence-electron chi connectivity index (χ2n) is 7.18. The highest BCUT2D eigenvalue weighted by molar-refractivity contribution is 6.32. The quantitative estimate of drug-likeness (QED) is 0.464. The first-order chi connectivity index (χ1) is 13.7. The number of hydrogen-bond donors (Lipinski definition) is 3. The average Bonchev–Trinajstić information content (AvgIpc) is 2.71. The van der Waals surface area contributed by atoms with Crippen molar-refractivity contribution in [2.24, 2.45) is 0 Å². The molecular formula is C21H25Cl3O5. The van der Waals surface area contributed by atoms with Crippen molar-refractivity contribution in [1.82, 2.24) is 0 Å². The van der Waals surface area contributed by atoms with E-state index in [2.05, 4.69) is 0 Å². The first kappa shape index (κ1) is 24.1. The summed E-state index contributed by atoms with van der Waals surface area (Å²) in [7, 11) is 0. The Morgan fingerprint density at radius 2 is 1.31 bits per heavy atom. The van der Waals surface area contributed by atoms with Gasteiger partial charge >= 0.3 is 0 Å². The molecule has 0 fully saturated rings. The Hall–Kier alpha value is -1.21. The molecule has 8 heteroatoms. The fraction of sp³-hybridized carbons (Fsp3) is 0.429. The Morgan fingerprint density at radius 1 is 0.862 bits per heavy atom. The van der Waals surface area contributed by atoms with E-state index in [1.54, 1.807) is 18.2 Å². The van der Waals surface area contributed by atoms with Crippen molar-refractivity contribution in [1.29, 1.82) is 0 Å². The van der Waals surface area contributed by atoms with Crippen molar-refractivity contribution < 1.29 is 24.8 Å². The maximum Gasteiger partial charge on any atom is 0.138 e. The van der Waals surface area contributed by atoms with E-state index in [0.717, 1.165) is 11.1 Å². The molecule has 0 aliphatic heterocycles. The first-order valence-corrected chi connectivity index (χ1v) is 10.4. The van der Waals surface area contributed by atoms with Crippen LogP contribution in [0.5, 0.6) is 11.5 Å². The standard InChI is InChI=1S/C21H25Cl3O5/c1-21(2,13-3-5-19(17(23)7-13)28-11-15(26)9-22)14-4-6-20(18(24)8-14)29-12-16(27)10-25/h3-8,15-16,25-27H,9-12H2,1-2H3/t15-,16+/m0/s1. The highest BCUT2D eigenvalue weighted by atomic mass is 35.5. The molecule has 0 spiro atoms. The minimum Gasteiger partial charge on any atom is -0.489 e. The molecular weight excluding hydrogens is 439 g/mol. The summed E-state index contributed by atoms with van der Waals surface area (Å²) in [6.45, 7) is 3.72. The van der Waals surface area contributed by atoms with E-state index in [-0.39, 0.29) is 25.7 Å². The zero-order chi connectivity index (χ0) is 21.6. The lowest BCUT2D eigenvalue weighted by molar-refractivity contribution is 0.0536. The molecule has 0 bridgehead atoms. The molecule has 2 atom stereocenters. The van der Waals surface area contributed by atoms with E-state index in [1.807, 2.05) is 32.0 Å². The van der Waals surface area contributed by atoms with Crippen LogP contribution >= 0.6 is 34.8 Å². The van der Waals surface area contributed by atoms with Crippen molar-refractivity contribution in [3.05, 3.63) is 57.6 Å². The highest BCUT2D eigenvalue weighted by Gasteiger charge is 2.25. The molecule has 2 aromatic rings. The zero-order valence-electron chi connectivity index (χ0n) is 16.2. The van der Waals surface area contributed by atoms with E-state index >= 15 is 0 Å². The van der Waals surface area contributed by atoms with Gasteiger partial charge in [0.2, 0.25) is 0 Å². The van der Waals surface area contributed by atoms with Gasteiger partial charge in [0.1, 0.15) is 36.9 Å². The first-order valence-electron chi connectivity index (χ1n) is 9.07. The molecule has 0 amide bonds. The highest BCUT2D eigenvalue weighted by Crippen LogP contribution is 2.38. The zero-order valence-corrected chi connectivity index (χ0v) is 18.5. The summed E-state index contributed by atoms with van der Waals surface area (Å²) in [5.74, 6) is 0.986. The largest absolute Gasteiger partial charge is 0.489 e. The second kappa shape index (κ2) is 10.7. The minimum absolute atomic E-state index is 0.0472. The van der Waals surface area contributed by atoms with Gasteiger partial charge in [-0.3, -0.25) is 0 Å². The number of hydrogen-bond acceptors (Lipinski definition) is 5. The lowest BCUT2D eigenvalue weighted by atomic mass is 9.78. The smallest absolute Gasteiger partial charge is 0.138 e. The summed E-state index contributed by atoms with van der Waals surface area (Å²) in [6, 6.07) is 10.9. The summed E-state index contributed by atoms with van der Waals surface area (Å²) in [5, 5.41) is 28.6. The van der Waals surface area contributed by atoms with E-state index in [0.29, 0.717) is 21.5 Å². The molecule has 2 aromatic carbocycles. The van der Waals surface area contributed by atoms with Crippen molar-refractivity contribution >= 4 is 34.8 Å². The molecule has 0 unspecified atom stereocenters. The summed E-state index contributed by atoms with van der Waals surface area (Å²) in [4.78, 5) is 0. The third-order valence-electron chi connectivity index (χ3n) is 4.56. The topological polar surface area (TPSA) is 79.2 Å². The van der Waals surface area contributed by atoms with Crippen LogP contribution in [0.1, 0.15) is 25.0 Å². The number of aliphatic hydroxyl groups excluding tert-OH is 3. The predicted octanol–water partition coefficient (Wildman–Crippen LogP) is 4.03. The molecule has 160 valence electrons. The fourth-order valence-corrected chi connectivity index (χ4v) is 3.21. The summed E-state index contributed by atoms with van der Waals surface area (Å²) in [5.41, 5.74) is 1.48. The lowest BCUT2D eigenvalue weighted by Gasteiger charge is -2.27. The Labute approximate surface area is 185 Å². The lowest BCUT2D eigenvalue weighted by Crippen LogP contribution is -2.22. The second-order valence-corrected chi connectivity index (χ2v) is 8.30. The summed E-state index contributed by atoms with van der Waals surface area (Å²) < 4.78 is 11.0. The van der Waals surface area contributed by atoms with Crippen LogP contribution in [-0.2, 0) is 5.41 Å². The van der Waals surface area contributed by atoms with Crippen LogP contribution in [0.2, 0.25) is 10.0 Å². The van der Waals surface area contributed by atoms with Crippen LogP contribution in [0.15, 0.2) is 36.4 Å². The van der Waals surface area contributed by atoms with Crippen molar-refractivity contribution in [3.8, 4) is 11.5 Å². The van der Waals surface area contributed by atoms with Gasteiger partial charge in [-0.25, -0.2) is 0 Å². The van der Waals surface area contributed by atoms with Crippen LogP contribution in [0.4, 0.5) is 0 Å². The number of aliphatic hydroxyl groups is 3. The fourth-order valence-electron chi connectivity index (χ4n) is 2.65. The van der Waals surface area contributed by atoms with Gasteiger partial charge in [-0.15, -0.1) is 11.6 Å². The molecule has 0 heterocycles. The van der Waals surface area contributed by atoms with Crippen LogP contribution in [-0.4, -0.2) is 53.2 Å².